The Morgan fingerprint density at radius 1 is 1.42 bits per heavy atom. The SMILES string of the molecule is CCC1CCN(C[C@H](C)O)CC1. The zero-order valence-corrected chi connectivity index (χ0v) is 8.29. The van der Waals surface area contributed by atoms with Gasteiger partial charge in [0, 0.05) is 6.54 Å². The predicted octanol–water partition coefficient (Wildman–Crippen LogP) is 1.49. The van der Waals surface area contributed by atoms with E-state index >= 15 is 0 Å². The molecule has 1 fully saturated rings. The summed E-state index contributed by atoms with van der Waals surface area (Å²) in [6.07, 6.45) is 3.80. The van der Waals surface area contributed by atoms with Crippen molar-refractivity contribution in [2.24, 2.45) is 5.92 Å². The molecule has 1 aliphatic heterocycles. The fourth-order valence-corrected chi connectivity index (χ4v) is 1.95. The van der Waals surface area contributed by atoms with E-state index in [1.807, 2.05) is 6.92 Å². The van der Waals surface area contributed by atoms with Crippen molar-refractivity contribution in [2.75, 3.05) is 19.6 Å². The summed E-state index contributed by atoms with van der Waals surface area (Å²) in [5.74, 6) is 0.940. The Bertz CT molecular complexity index is 117. The quantitative estimate of drug-likeness (QED) is 0.695. The molecule has 0 spiro atoms. The van der Waals surface area contributed by atoms with Gasteiger partial charge in [-0.1, -0.05) is 13.3 Å². The highest BCUT2D eigenvalue weighted by Crippen LogP contribution is 2.19. The number of nitrogens with zero attached hydrogens (tertiary/aromatic N) is 1. The summed E-state index contributed by atoms with van der Waals surface area (Å²) in [5, 5.41) is 9.19. The van der Waals surface area contributed by atoms with Crippen molar-refractivity contribution in [2.45, 2.75) is 39.2 Å². The van der Waals surface area contributed by atoms with Gasteiger partial charge in [-0.05, 0) is 38.8 Å². The second kappa shape index (κ2) is 4.83. The number of hydrogen-bond acceptors (Lipinski definition) is 2. The Balaban J connectivity index is 2.17. The van der Waals surface area contributed by atoms with Crippen molar-refractivity contribution >= 4 is 0 Å². The molecule has 1 N–H and O–H groups in total. The van der Waals surface area contributed by atoms with E-state index in [0.29, 0.717) is 0 Å². The lowest BCUT2D eigenvalue weighted by molar-refractivity contribution is 0.0994. The van der Waals surface area contributed by atoms with Crippen molar-refractivity contribution < 1.29 is 5.11 Å². The highest BCUT2D eigenvalue weighted by Gasteiger charge is 2.17. The molecular weight excluding hydrogens is 150 g/mol. The minimum Gasteiger partial charge on any atom is -0.392 e. The molecular formula is C10H21NO. The van der Waals surface area contributed by atoms with Crippen molar-refractivity contribution in [1.29, 1.82) is 0 Å². The summed E-state index contributed by atoms with van der Waals surface area (Å²) in [5.41, 5.74) is 0. The lowest BCUT2D eigenvalue weighted by Gasteiger charge is -2.32. The van der Waals surface area contributed by atoms with E-state index in [-0.39, 0.29) is 6.10 Å². The van der Waals surface area contributed by atoms with Crippen LogP contribution in [0.5, 0.6) is 0 Å². The van der Waals surface area contributed by atoms with Crippen molar-refractivity contribution in [3.8, 4) is 0 Å². The minimum absolute atomic E-state index is 0.164. The lowest BCUT2D eigenvalue weighted by atomic mass is 9.94. The average molecular weight is 171 g/mol. The molecule has 2 heteroatoms. The minimum atomic E-state index is -0.164. The van der Waals surface area contributed by atoms with Gasteiger partial charge in [0.15, 0.2) is 0 Å². The van der Waals surface area contributed by atoms with Crippen LogP contribution in [0.2, 0.25) is 0 Å². The normalized spacial score (nSPS) is 24.2. The van der Waals surface area contributed by atoms with E-state index in [1.165, 1.54) is 32.4 Å². The molecule has 1 aliphatic rings. The Labute approximate surface area is 75.6 Å². The van der Waals surface area contributed by atoms with Gasteiger partial charge in [0.05, 0.1) is 6.10 Å². The van der Waals surface area contributed by atoms with Crippen molar-refractivity contribution in [1.82, 2.24) is 4.90 Å². The summed E-state index contributed by atoms with van der Waals surface area (Å²) < 4.78 is 0. The summed E-state index contributed by atoms with van der Waals surface area (Å²) in [6.45, 7) is 7.37. The molecule has 2 nitrogen and oxygen atoms in total. The van der Waals surface area contributed by atoms with Crippen LogP contribution in [-0.2, 0) is 0 Å². The molecule has 72 valence electrons. The summed E-state index contributed by atoms with van der Waals surface area (Å²) >= 11 is 0. The van der Waals surface area contributed by atoms with E-state index in [4.69, 9.17) is 0 Å². The highest BCUT2D eigenvalue weighted by molar-refractivity contribution is 4.72. The third-order valence-corrected chi connectivity index (χ3v) is 2.81. The fraction of sp³-hybridized carbons (Fsp3) is 1.00. The first-order valence-electron chi connectivity index (χ1n) is 5.12. The third kappa shape index (κ3) is 3.11. The van der Waals surface area contributed by atoms with Gasteiger partial charge in [-0.15, -0.1) is 0 Å². The van der Waals surface area contributed by atoms with Gasteiger partial charge in [0.25, 0.3) is 0 Å². The number of piperidine rings is 1. The number of aliphatic hydroxyl groups is 1. The van der Waals surface area contributed by atoms with E-state index in [9.17, 15) is 5.11 Å². The van der Waals surface area contributed by atoms with Crippen LogP contribution in [-0.4, -0.2) is 35.7 Å². The third-order valence-electron chi connectivity index (χ3n) is 2.81. The molecule has 0 amide bonds. The predicted molar refractivity (Wildman–Crippen MR) is 51.1 cm³/mol. The van der Waals surface area contributed by atoms with Crippen molar-refractivity contribution in [3.05, 3.63) is 0 Å². The molecule has 0 aromatic rings. The first-order valence-corrected chi connectivity index (χ1v) is 5.12. The Kier molecular flexibility index (Phi) is 4.02. The van der Waals surface area contributed by atoms with Crippen LogP contribution in [0.25, 0.3) is 0 Å². The highest BCUT2D eigenvalue weighted by atomic mass is 16.3. The van der Waals surface area contributed by atoms with Gasteiger partial charge < -0.3 is 10.0 Å². The molecule has 0 aromatic carbocycles. The van der Waals surface area contributed by atoms with E-state index in [2.05, 4.69) is 11.8 Å². The molecule has 1 atom stereocenters. The van der Waals surface area contributed by atoms with Crippen LogP contribution in [0.15, 0.2) is 0 Å². The molecule has 1 rings (SSSR count). The van der Waals surface area contributed by atoms with E-state index in [0.717, 1.165) is 12.5 Å². The summed E-state index contributed by atoms with van der Waals surface area (Å²) in [4.78, 5) is 2.37. The van der Waals surface area contributed by atoms with Crippen LogP contribution in [0, 0.1) is 5.92 Å². The second-order valence-electron chi connectivity index (χ2n) is 4.00. The van der Waals surface area contributed by atoms with Gasteiger partial charge in [-0.3, -0.25) is 0 Å². The zero-order valence-electron chi connectivity index (χ0n) is 8.29. The molecule has 0 radical (unpaired) electrons. The molecule has 0 bridgehead atoms. The van der Waals surface area contributed by atoms with Crippen LogP contribution in [0.4, 0.5) is 0 Å². The smallest absolute Gasteiger partial charge is 0.0639 e. The largest absolute Gasteiger partial charge is 0.392 e. The summed E-state index contributed by atoms with van der Waals surface area (Å²) in [7, 11) is 0. The molecule has 12 heavy (non-hydrogen) atoms. The molecule has 1 saturated heterocycles. The Morgan fingerprint density at radius 2 is 2.00 bits per heavy atom. The van der Waals surface area contributed by atoms with Crippen LogP contribution in [0.1, 0.15) is 33.1 Å². The molecule has 0 unspecified atom stereocenters. The van der Waals surface area contributed by atoms with Crippen LogP contribution < -0.4 is 0 Å². The number of hydrogen-bond donors (Lipinski definition) is 1. The number of β-amino-alcohol motifs (C(OH)–C–C–N with tert-alkyl or cyclic N) is 1. The average Bonchev–Trinajstić information content (AvgIpc) is 2.05. The standard InChI is InChI=1S/C10H21NO/c1-3-10-4-6-11(7-5-10)8-9(2)12/h9-10,12H,3-8H2,1-2H3/t9-/m0/s1. The number of aliphatic hydroxyl groups excluding tert-OH is 1. The Morgan fingerprint density at radius 3 is 2.42 bits per heavy atom. The number of likely N-dealkylation sites (tertiary alicyclic amines) is 1. The second-order valence-corrected chi connectivity index (χ2v) is 4.00. The first-order chi connectivity index (χ1) is 5.72. The molecule has 0 saturated carbocycles. The topological polar surface area (TPSA) is 23.5 Å². The van der Waals surface area contributed by atoms with Gasteiger partial charge in [0.2, 0.25) is 0 Å². The first kappa shape index (κ1) is 10.0. The lowest BCUT2D eigenvalue weighted by Crippen LogP contribution is -2.37. The summed E-state index contributed by atoms with van der Waals surface area (Å²) in [6, 6.07) is 0. The van der Waals surface area contributed by atoms with Gasteiger partial charge in [-0.2, -0.15) is 0 Å². The zero-order chi connectivity index (χ0) is 8.97. The number of rotatable bonds is 3. The van der Waals surface area contributed by atoms with Gasteiger partial charge in [-0.25, -0.2) is 0 Å². The van der Waals surface area contributed by atoms with E-state index < -0.39 is 0 Å². The van der Waals surface area contributed by atoms with Gasteiger partial charge >= 0.3 is 0 Å². The monoisotopic (exact) mass is 171 g/mol. The maximum absolute atomic E-state index is 9.19. The maximum Gasteiger partial charge on any atom is 0.0639 e. The van der Waals surface area contributed by atoms with Crippen LogP contribution in [0.3, 0.4) is 0 Å². The fourth-order valence-electron chi connectivity index (χ4n) is 1.95. The van der Waals surface area contributed by atoms with Crippen molar-refractivity contribution in [3.63, 3.8) is 0 Å². The maximum atomic E-state index is 9.19. The molecule has 0 aromatic heterocycles. The molecule has 1 heterocycles. The Hall–Kier alpha value is -0.0800. The van der Waals surface area contributed by atoms with E-state index in [1.54, 1.807) is 0 Å². The molecule has 0 aliphatic carbocycles. The van der Waals surface area contributed by atoms with Gasteiger partial charge in [0.1, 0.15) is 0 Å². The van der Waals surface area contributed by atoms with Crippen LogP contribution >= 0.6 is 0 Å².